The summed E-state index contributed by atoms with van der Waals surface area (Å²) in [5.41, 5.74) is 0.632. The molecule has 0 atom stereocenters. The lowest BCUT2D eigenvalue weighted by Crippen LogP contribution is -2.12. The van der Waals surface area contributed by atoms with Gasteiger partial charge in [0.25, 0.3) is 0 Å². The maximum Gasteiger partial charge on any atom is 0.243 e. The molecule has 0 aliphatic carbocycles. The van der Waals surface area contributed by atoms with Crippen molar-refractivity contribution in [3.05, 3.63) is 36.0 Å². The van der Waals surface area contributed by atoms with E-state index < -0.39 is 0 Å². The molecular weight excluding hydrogens is 208 g/mol. The highest BCUT2D eigenvalue weighted by atomic mass is 16.5. The Morgan fingerprint density at radius 3 is 2.69 bits per heavy atom. The summed E-state index contributed by atoms with van der Waals surface area (Å²) in [6.45, 7) is 0. The van der Waals surface area contributed by atoms with Crippen LogP contribution in [0.4, 0.5) is 0 Å². The number of ether oxygens (including phenoxy) is 1. The summed E-state index contributed by atoms with van der Waals surface area (Å²) in [5, 5.41) is 3.93. The van der Waals surface area contributed by atoms with Crippen molar-refractivity contribution < 1.29 is 9.53 Å². The Bertz CT molecular complexity index is 521. The van der Waals surface area contributed by atoms with E-state index in [4.69, 9.17) is 4.74 Å². The highest BCUT2D eigenvalue weighted by Gasteiger charge is 2.19. The van der Waals surface area contributed by atoms with E-state index in [1.165, 1.54) is 24.2 Å². The zero-order chi connectivity index (χ0) is 11.5. The summed E-state index contributed by atoms with van der Waals surface area (Å²) >= 11 is 0. The molecule has 0 amide bonds. The number of aromatic nitrogens is 4. The number of carbonyl (C=O) groups is 1. The summed E-state index contributed by atoms with van der Waals surface area (Å²) < 4.78 is 6.46. The maximum atomic E-state index is 12.1. The van der Waals surface area contributed by atoms with Gasteiger partial charge in [0.2, 0.25) is 11.7 Å². The van der Waals surface area contributed by atoms with E-state index in [9.17, 15) is 4.79 Å². The van der Waals surface area contributed by atoms with Gasteiger partial charge in [-0.25, -0.2) is 9.97 Å². The Kier molecular flexibility index (Phi) is 2.63. The van der Waals surface area contributed by atoms with Gasteiger partial charge < -0.3 is 4.74 Å². The molecule has 16 heavy (non-hydrogen) atoms. The van der Waals surface area contributed by atoms with Crippen LogP contribution >= 0.6 is 0 Å². The van der Waals surface area contributed by atoms with Crippen molar-refractivity contribution in [2.24, 2.45) is 7.05 Å². The molecule has 0 aliphatic heterocycles. The standard InChI is InChI=1S/C10H10N4O2/c1-14-7(3-4-13-14)9(15)8-10(16-2)12-6-5-11-8/h3-6H,1-2H3. The van der Waals surface area contributed by atoms with E-state index >= 15 is 0 Å². The Morgan fingerprint density at radius 1 is 1.31 bits per heavy atom. The van der Waals surface area contributed by atoms with Gasteiger partial charge in [0.05, 0.1) is 7.11 Å². The van der Waals surface area contributed by atoms with Crippen LogP contribution in [0.25, 0.3) is 0 Å². The van der Waals surface area contributed by atoms with Crippen molar-refractivity contribution in [1.82, 2.24) is 19.7 Å². The molecule has 2 heterocycles. The van der Waals surface area contributed by atoms with Crippen LogP contribution in [0, 0.1) is 0 Å². The first-order chi connectivity index (χ1) is 7.74. The van der Waals surface area contributed by atoms with Gasteiger partial charge in [-0.3, -0.25) is 9.48 Å². The molecule has 0 unspecified atom stereocenters. The minimum absolute atomic E-state index is 0.189. The average Bonchev–Trinajstić information content (AvgIpc) is 2.74. The number of ketones is 1. The quantitative estimate of drug-likeness (QED) is 0.699. The fraction of sp³-hybridized carbons (Fsp3) is 0.200. The number of carbonyl (C=O) groups excluding carboxylic acids is 1. The number of methoxy groups -OCH3 is 1. The topological polar surface area (TPSA) is 69.9 Å². The van der Waals surface area contributed by atoms with Crippen LogP contribution in [0.1, 0.15) is 16.2 Å². The number of aryl methyl sites for hydroxylation is 1. The molecule has 0 N–H and O–H groups in total. The van der Waals surface area contributed by atoms with Crippen LogP contribution < -0.4 is 4.74 Å². The lowest BCUT2D eigenvalue weighted by molar-refractivity contribution is 0.102. The number of hydrogen-bond acceptors (Lipinski definition) is 5. The van der Waals surface area contributed by atoms with Gasteiger partial charge in [0.1, 0.15) is 5.69 Å². The van der Waals surface area contributed by atoms with Crippen LogP contribution in [-0.2, 0) is 7.05 Å². The third-order valence-corrected chi connectivity index (χ3v) is 2.13. The fourth-order valence-corrected chi connectivity index (χ4v) is 1.35. The third kappa shape index (κ3) is 1.65. The number of hydrogen-bond donors (Lipinski definition) is 0. The van der Waals surface area contributed by atoms with E-state index in [-0.39, 0.29) is 17.4 Å². The van der Waals surface area contributed by atoms with Crippen molar-refractivity contribution in [1.29, 1.82) is 0 Å². The highest BCUT2D eigenvalue weighted by molar-refractivity contribution is 6.07. The van der Waals surface area contributed by atoms with E-state index in [0.717, 1.165) is 0 Å². The molecule has 0 aromatic carbocycles. The molecule has 0 radical (unpaired) electrons. The molecule has 2 aromatic heterocycles. The molecule has 0 aliphatic rings. The average molecular weight is 218 g/mol. The molecule has 6 nitrogen and oxygen atoms in total. The monoisotopic (exact) mass is 218 g/mol. The fourth-order valence-electron chi connectivity index (χ4n) is 1.35. The predicted octanol–water partition coefficient (Wildman–Crippen LogP) is 0.450. The zero-order valence-electron chi connectivity index (χ0n) is 8.91. The maximum absolute atomic E-state index is 12.1. The second-order valence-electron chi connectivity index (χ2n) is 3.08. The van der Waals surface area contributed by atoms with E-state index in [0.29, 0.717) is 5.69 Å². The third-order valence-electron chi connectivity index (χ3n) is 2.13. The molecule has 2 aromatic rings. The Balaban J connectivity index is 2.46. The van der Waals surface area contributed by atoms with Gasteiger partial charge in [-0.1, -0.05) is 0 Å². The van der Waals surface area contributed by atoms with Crippen LogP contribution in [0.15, 0.2) is 24.7 Å². The van der Waals surface area contributed by atoms with Crippen molar-refractivity contribution in [3.63, 3.8) is 0 Å². The van der Waals surface area contributed by atoms with E-state index in [1.54, 1.807) is 19.3 Å². The molecule has 0 saturated heterocycles. The van der Waals surface area contributed by atoms with Gasteiger partial charge in [-0.15, -0.1) is 0 Å². The molecule has 0 saturated carbocycles. The molecule has 0 spiro atoms. The smallest absolute Gasteiger partial charge is 0.243 e. The second-order valence-corrected chi connectivity index (χ2v) is 3.08. The van der Waals surface area contributed by atoms with Crippen molar-refractivity contribution >= 4 is 5.78 Å². The Labute approximate surface area is 91.9 Å². The summed E-state index contributed by atoms with van der Waals surface area (Å²) in [7, 11) is 3.14. The summed E-state index contributed by atoms with van der Waals surface area (Å²) in [6.07, 6.45) is 4.47. The second kappa shape index (κ2) is 4.09. The van der Waals surface area contributed by atoms with Crippen molar-refractivity contribution in [2.45, 2.75) is 0 Å². The predicted molar refractivity (Wildman–Crippen MR) is 55.2 cm³/mol. The van der Waals surface area contributed by atoms with E-state index in [2.05, 4.69) is 15.1 Å². The molecule has 82 valence electrons. The zero-order valence-corrected chi connectivity index (χ0v) is 8.91. The first kappa shape index (κ1) is 10.3. The van der Waals surface area contributed by atoms with Crippen LogP contribution in [-0.4, -0.2) is 32.6 Å². The summed E-state index contributed by atoms with van der Waals surface area (Å²) in [6, 6.07) is 1.62. The lowest BCUT2D eigenvalue weighted by Gasteiger charge is -2.04. The first-order valence-electron chi connectivity index (χ1n) is 4.61. The van der Waals surface area contributed by atoms with Gasteiger partial charge in [-0.05, 0) is 6.07 Å². The minimum Gasteiger partial charge on any atom is -0.479 e. The molecule has 2 rings (SSSR count). The molecule has 0 bridgehead atoms. The SMILES string of the molecule is COc1nccnc1C(=O)c1ccnn1C. The lowest BCUT2D eigenvalue weighted by atomic mass is 10.2. The van der Waals surface area contributed by atoms with Gasteiger partial charge in [0, 0.05) is 25.6 Å². The molecule has 0 fully saturated rings. The van der Waals surface area contributed by atoms with Gasteiger partial charge in [0.15, 0.2) is 5.69 Å². The van der Waals surface area contributed by atoms with Crippen LogP contribution in [0.2, 0.25) is 0 Å². The van der Waals surface area contributed by atoms with E-state index in [1.807, 2.05) is 0 Å². The molecule has 6 heteroatoms. The highest BCUT2D eigenvalue weighted by Crippen LogP contribution is 2.15. The normalized spacial score (nSPS) is 10.1. The Hall–Kier alpha value is -2.24. The summed E-state index contributed by atoms with van der Waals surface area (Å²) in [5.74, 6) is -0.0429. The van der Waals surface area contributed by atoms with Crippen molar-refractivity contribution in [3.8, 4) is 5.88 Å². The van der Waals surface area contributed by atoms with Crippen molar-refractivity contribution in [2.75, 3.05) is 7.11 Å². The Morgan fingerprint density at radius 2 is 2.06 bits per heavy atom. The van der Waals surface area contributed by atoms with Gasteiger partial charge in [-0.2, -0.15) is 5.10 Å². The minimum atomic E-state index is -0.259. The number of nitrogens with zero attached hydrogens (tertiary/aromatic N) is 4. The largest absolute Gasteiger partial charge is 0.479 e. The molecular formula is C10H10N4O2. The van der Waals surface area contributed by atoms with Crippen LogP contribution in [0.3, 0.4) is 0 Å². The van der Waals surface area contributed by atoms with Gasteiger partial charge >= 0.3 is 0 Å². The number of rotatable bonds is 3. The van der Waals surface area contributed by atoms with Crippen LogP contribution in [0.5, 0.6) is 5.88 Å². The summed E-state index contributed by atoms with van der Waals surface area (Å²) in [4.78, 5) is 20.0. The first-order valence-corrected chi connectivity index (χ1v) is 4.61.